The Morgan fingerprint density at radius 1 is 1.10 bits per heavy atom. The molecule has 0 unspecified atom stereocenters. The highest BCUT2D eigenvalue weighted by Crippen LogP contribution is 2.14. The van der Waals surface area contributed by atoms with Crippen molar-refractivity contribution in [2.75, 3.05) is 5.32 Å². The van der Waals surface area contributed by atoms with Crippen molar-refractivity contribution in [3.8, 4) is 0 Å². The van der Waals surface area contributed by atoms with Crippen LogP contribution in [-0.2, 0) is 17.9 Å². The van der Waals surface area contributed by atoms with Gasteiger partial charge in [0.2, 0.25) is 5.91 Å². The summed E-state index contributed by atoms with van der Waals surface area (Å²) in [5.41, 5.74) is 2.19. The van der Waals surface area contributed by atoms with Crippen LogP contribution < -0.4 is 16.6 Å². The first-order valence-electron chi connectivity index (χ1n) is 9.73. The van der Waals surface area contributed by atoms with Gasteiger partial charge in [0.1, 0.15) is 12.2 Å². The molecule has 2 heterocycles. The van der Waals surface area contributed by atoms with Crippen LogP contribution in [0.25, 0.3) is 11.0 Å². The van der Waals surface area contributed by atoms with E-state index < -0.39 is 5.69 Å². The fraction of sp³-hybridized carbons (Fsp3) is 0.364. The Kier molecular flexibility index (Phi) is 5.96. The second-order valence-electron chi connectivity index (χ2n) is 7.73. The fourth-order valence-corrected chi connectivity index (χ4v) is 3.14. The second-order valence-corrected chi connectivity index (χ2v) is 7.73. The van der Waals surface area contributed by atoms with Gasteiger partial charge in [-0.25, -0.2) is 9.78 Å². The summed E-state index contributed by atoms with van der Waals surface area (Å²) in [5.74, 6) is -0.0104. The molecule has 0 saturated carbocycles. The zero-order valence-corrected chi connectivity index (χ0v) is 17.2. The van der Waals surface area contributed by atoms with Crippen LogP contribution in [0.15, 0.2) is 46.1 Å². The monoisotopic (exact) mass is 394 g/mol. The summed E-state index contributed by atoms with van der Waals surface area (Å²) < 4.78 is 2.47. The predicted molar refractivity (Wildman–Crippen MR) is 114 cm³/mol. The minimum atomic E-state index is -0.517. The van der Waals surface area contributed by atoms with Crippen molar-refractivity contribution < 1.29 is 4.79 Å². The standard InChI is InChI=1S/C22H26N4O3/c1-14(2)9-11-25-21(28)18-6-5-10-23-20(18)26(22(25)29)13-19(27)24-17-8-7-15(3)16(4)12-17/h5-8,10,12,14H,9,11,13H2,1-4H3,(H,24,27). The van der Waals surface area contributed by atoms with Crippen LogP contribution in [0, 0.1) is 19.8 Å². The highest BCUT2D eigenvalue weighted by molar-refractivity contribution is 5.91. The molecule has 1 amide bonds. The van der Waals surface area contributed by atoms with Crippen molar-refractivity contribution in [3.63, 3.8) is 0 Å². The van der Waals surface area contributed by atoms with Gasteiger partial charge < -0.3 is 5.32 Å². The normalized spacial score (nSPS) is 11.2. The molecule has 0 spiro atoms. The summed E-state index contributed by atoms with van der Waals surface area (Å²) in [5, 5.41) is 3.15. The summed E-state index contributed by atoms with van der Waals surface area (Å²) in [6, 6.07) is 8.92. The molecule has 0 bridgehead atoms. The number of fused-ring (bicyclic) bond motifs is 1. The van der Waals surface area contributed by atoms with E-state index in [1.54, 1.807) is 12.1 Å². The highest BCUT2D eigenvalue weighted by atomic mass is 16.2. The van der Waals surface area contributed by atoms with Gasteiger partial charge in [0.05, 0.1) is 5.39 Å². The van der Waals surface area contributed by atoms with E-state index in [-0.39, 0.29) is 23.7 Å². The molecule has 29 heavy (non-hydrogen) atoms. The first kappa shape index (κ1) is 20.5. The van der Waals surface area contributed by atoms with Gasteiger partial charge in [-0.1, -0.05) is 19.9 Å². The molecule has 7 heteroatoms. The zero-order valence-electron chi connectivity index (χ0n) is 17.2. The van der Waals surface area contributed by atoms with Crippen LogP contribution in [0.1, 0.15) is 31.4 Å². The zero-order chi connectivity index (χ0) is 21.1. The minimum Gasteiger partial charge on any atom is -0.325 e. The molecular formula is C22H26N4O3. The van der Waals surface area contributed by atoms with Crippen LogP contribution in [0.3, 0.4) is 0 Å². The van der Waals surface area contributed by atoms with Gasteiger partial charge in [-0.3, -0.25) is 18.7 Å². The van der Waals surface area contributed by atoms with E-state index in [1.807, 2.05) is 45.9 Å². The maximum Gasteiger partial charge on any atom is 0.333 e. The molecule has 1 N–H and O–H groups in total. The van der Waals surface area contributed by atoms with E-state index >= 15 is 0 Å². The molecule has 1 aromatic carbocycles. The number of pyridine rings is 1. The number of aryl methyl sites for hydroxylation is 2. The van der Waals surface area contributed by atoms with Crippen molar-refractivity contribution in [3.05, 3.63) is 68.5 Å². The largest absolute Gasteiger partial charge is 0.333 e. The third-order valence-electron chi connectivity index (χ3n) is 5.00. The molecular weight excluding hydrogens is 368 g/mol. The number of aromatic nitrogens is 3. The summed E-state index contributed by atoms with van der Waals surface area (Å²) in [7, 11) is 0. The highest BCUT2D eigenvalue weighted by Gasteiger charge is 2.16. The van der Waals surface area contributed by atoms with Gasteiger partial charge >= 0.3 is 5.69 Å². The van der Waals surface area contributed by atoms with Crippen LogP contribution in [0.2, 0.25) is 0 Å². The predicted octanol–water partition coefficient (Wildman–Crippen LogP) is 2.86. The molecule has 0 radical (unpaired) electrons. The molecule has 2 aromatic heterocycles. The Balaban J connectivity index is 1.99. The summed E-state index contributed by atoms with van der Waals surface area (Å²) in [4.78, 5) is 42.6. The molecule has 0 aliphatic heterocycles. The lowest BCUT2D eigenvalue weighted by Crippen LogP contribution is -2.42. The lowest BCUT2D eigenvalue weighted by molar-refractivity contribution is -0.116. The SMILES string of the molecule is Cc1ccc(NC(=O)Cn2c(=O)n(CCC(C)C)c(=O)c3cccnc32)cc1C. The number of carbonyl (C=O) groups excluding carboxylic acids is 1. The van der Waals surface area contributed by atoms with Gasteiger partial charge in [0, 0.05) is 18.4 Å². The fourth-order valence-electron chi connectivity index (χ4n) is 3.14. The van der Waals surface area contributed by atoms with E-state index in [2.05, 4.69) is 10.3 Å². The number of amides is 1. The van der Waals surface area contributed by atoms with Gasteiger partial charge in [-0.05, 0) is 61.6 Å². The Morgan fingerprint density at radius 3 is 2.55 bits per heavy atom. The maximum absolute atomic E-state index is 13.0. The molecule has 0 aliphatic rings. The quantitative estimate of drug-likeness (QED) is 0.697. The van der Waals surface area contributed by atoms with E-state index in [4.69, 9.17) is 0 Å². The van der Waals surface area contributed by atoms with Crippen LogP contribution >= 0.6 is 0 Å². The third-order valence-corrected chi connectivity index (χ3v) is 5.00. The number of hydrogen-bond acceptors (Lipinski definition) is 4. The summed E-state index contributed by atoms with van der Waals surface area (Å²) in [6.45, 7) is 8.11. The van der Waals surface area contributed by atoms with Gasteiger partial charge in [-0.15, -0.1) is 0 Å². The van der Waals surface area contributed by atoms with Gasteiger partial charge in [0.15, 0.2) is 0 Å². The molecule has 0 aliphatic carbocycles. The molecule has 3 aromatic rings. The van der Waals surface area contributed by atoms with E-state index in [9.17, 15) is 14.4 Å². The third kappa shape index (κ3) is 4.45. The summed E-state index contributed by atoms with van der Waals surface area (Å²) in [6.07, 6.45) is 2.20. The number of nitrogens with one attached hydrogen (secondary N) is 1. The van der Waals surface area contributed by atoms with Crippen molar-refractivity contribution >= 4 is 22.6 Å². The smallest absolute Gasteiger partial charge is 0.325 e. The molecule has 7 nitrogen and oxygen atoms in total. The maximum atomic E-state index is 13.0. The van der Waals surface area contributed by atoms with E-state index in [0.717, 1.165) is 11.1 Å². The lowest BCUT2D eigenvalue weighted by Gasteiger charge is -2.14. The first-order chi connectivity index (χ1) is 13.8. The number of rotatable bonds is 6. The number of anilines is 1. The Hall–Kier alpha value is -3.22. The molecule has 3 rings (SSSR count). The Morgan fingerprint density at radius 2 is 1.86 bits per heavy atom. The number of carbonyl (C=O) groups is 1. The average Bonchev–Trinajstić information content (AvgIpc) is 2.68. The Labute approximate surface area is 169 Å². The van der Waals surface area contributed by atoms with Crippen LogP contribution in [-0.4, -0.2) is 20.0 Å². The second kappa shape index (κ2) is 8.43. The molecule has 0 saturated heterocycles. The van der Waals surface area contributed by atoms with E-state index in [1.165, 1.54) is 15.3 Å². The number of benzene rings is 1. The average molecular weight is 394 g/mol. The van der Waals surface area contributed by atoms with E-state index in [0.29, 0.717) is 30.0 Å². The van der Waals surface area contributed by atoms with Crippen molar-refractivity contribution in [1.82, 2.24) is 14.1 Å². The molecule has 0 atom stereocenters. The number of hydrogen-bond donors (Lipinski definition) is 1. The summed E-state index contributed by atoms with van der Waals surface area (Å²) >= 11 is 0. The first-order valence-corrected chi connectivity index (χ1v) is 9.73. The Bertz CT molecular complexity index is 1170. The van der Waals surface area contributed by atoms with Crippen molar-refractivity contribution in [2.24, 2.45) is 5.92 Å². The number of nitrogens with zero attached hydrogens (tertiary/aromatic N) is 3. The lowest BCUT2D eigenvalue weighted by atomic mass is 10.1. The minimum absolute atomic E-state index is 0.221. The van der Waals surface area contributed by atoms with Crippen molar-refractivity contribution in [1.29, 1.82) is 0 Å². The van der Waals surface area contributed by atoms with Gasteiger partial charge in [-0.2, -0.15) is 0 Å². The van der Waals surface area contributed by atoms with Crippen LogP contribution in [0.4, 0.5) is 5.69 Å². The molecule has 0 fully saturated rings. The van der Waals surface area contributed by atoms with Gasteiger partial charge in [0.25, 0.3) is 5.56 Å². The topological polar surface area (TPSA) is 86.0 Å². The van der Waals surface area contributed by atoms with Crippen molar-refractivity contribution in [2.45, 2.75) is 47.2 Å². The molecule has 152 valence electrons. The van der Waals surface area contributed by atoms with Crippen LogP contribution in [0.5, 0.6) is 0 Å².